The van der Waals surface area contributed by atoms with Gasteiger partial charge in [0.2, 0.25) is 11.6 Å². The van der Waals surface area contributed by atoms with Gasteiger partial charge in [-0.2, -0.15) is 0 Å². The van der Waals surface area contributed by atoms with Crippen molar-refractivity contribution in [2.75, 3.05) is 0 Å². The number of benzene rings is 5. The fourth-order valence-electron chi connectivity index (χ4n) is 4.66. The summed E-state index contributed by atoms with van der Waals surface area (Å²) in [5.41, 5.74) is 2.51. The Bertz CT molecular complexity index is 1630. The van der Waals surface area contributed by atoms with Crippen LogP contribution in [0.4, 0.5) is 0 Å². The van der Waals surface area contributed by atoms with E-state index in [0.29, 0.717) is 34.2 Å². The van der Waals surface area contributed by atoms with Crippen LogP contribution in [0.15, 0.2) is 149 Å². The Labute approximate surface area is 269 Å². The van der Waals surface area contributed by atoms with Crippen molar-refractivity contribution in [3.8, 4) is 0 Å². The summed E-state index contributed by atoms with van der Waals surface area (Å²) in [6.07, 6.45) is 4.43. The number of unbranched alkanes of at least 4 members (excludes halogenated alkanes) is 3. The third-order valence-corrected chi connectivity index (χ3v) is 8.11. The van der Waals surface area contributed by atoms with Gasteiger partial charge in [0.05, 0.1) is 0 Å². The maximum atomic E-state index is 12.7. The summed E-state index contributed by atoms with van der Waals surface area (Å²) in [6.45, 7) is 2.13. The highest BCUT2D eigenvalue weighted by Gasteiger charge is 2.19. The Hall–Kier alpha value is -4.87. The molecule has 5 aromatic carbocycles. The van der Waals surface area contributed by atoms with Gasteiger partial charge in [0.1, 0.15) is 0 Å². The highest BCUT2D eigenvalue weighted by atomic mass is 32.2. The van der Waals surface area contributed by atoms with Crippen LogP contribution >= 0.6 is 11.8 Å². The van der Waals surface area contributed by atoms with Crippen LogP contribution in [0.3, 0.4) is 0 Å². The third kappa shape index (κ3) is 9.82. The van der Waals surface area contributed by atoms with Gasteiger partial charge in [-0.15, -0.1) is 0 Å². The number of Topliss-reactive ketones (excluding diaryl/α,β-unsaturated/α-hetero) is 2. The lowest BCUT2D eigenvalue weighted by Crippen LogP contribution is -2.13. The lowest BCUT2D eigenvalue weighted by Gasteiger charge is -2.08. The average Bonchev–Trinajstić information content (AvgIpc) is 3.11. The minimum Gasteiger partial charge on any atom is -0.290 e. The van der Waals surface area contributed by atoms with E-state index in [1.54, 1.807) is 72.4 Å². The monoisotopic (exact) mass is 612 g/mol. The number of rotatable bonds is 13. The Balaban J connectivity index is 0.000000205. The van der Waals surface area contributed by atoms with Gasteiger partial charge in [0.25, 0.3) is 0 Å². The second-order valence-corrected chi connectivity index (χ2v) is 11.6. The maximum Gasteiger partial charge on any atom is 0.228 e. The summed E-state index contributed by atoms with van der Waals surface area (Å²) in [7, 11) is 0. The van der Waals surface area contributed by atoms with Crippen molar-refractivity contribution in [1.29, 1.82) is 0 Å². The highest BCUT2D eigenvalue weighted by molar-refractivity contribution is 7.99. The lowest BCUT2D eigenvalue weighted by molar-refractivity contribution is -0.115. The molecule has 0 radical (unpaired) electrons. The molecule has 0 bridgehead atoms. The Morgan fingerprint density at radius 2 is 0.911 bits per heavy atom. The fourth-order valence-corrected chi connectivity index (χ4v) is 5.49. The van der Waals surface area contributed by atoms with Crippen molar-refractivity contribution in [3.63, 3.8) is 0 Å². The van der Waals surface area contributed by atoms with Crippen molar-refractivity contribution in [3.05, 3.63) is 167 Å². The number of ketones is 4. The summed E-state index contributed by atoms with van der Waals surface area (Å²) in [5.74, 6) is -0.914. The summed E-state index contributed by atoms with van der Waals surface area (Å²) < 4.78 is 0. The number of carbonyl (C=O) groups excluding carboxylic acids is 4. The Morgan fingerprint density at radius 3 is 1.40 bits per heavy atom. The third-order valence-electron chi connectivity index (χ3n) is 7.09. The highest BCUT2D eigenvalue weighted by Crippen LogP contribution is 2.27. The molecule has 0 aliphatic carbocycles. The average molecular weight is 613 g/mol. The molecular formula is C40H36O4S. The summed E-state index contributed by atoms with van der Waals surface area (Å²) in [6, 6.07) is 42.3. The first-order valence-electron chi connectivity index (χ1n) is 15.2. The minimum atomic E-state index is -0.363. The SMILES string of the molecule is CCCCCCC(=O)C(=O)c1ccc(Sc2ccccc2)cc1.O=C(c1ccccc1)c1ccccc1C(=O)c1ccccc1. The molecule has 0 aliphatic rings. The van der Waals surface area contributed by atoms with Gasteiger partial charge in [0.15, 0.2) is 11.6 Å². The van der Waals surface area contributed by atoms with Gasteiger partial charge >= 0.3 is 0 Å². The first kappa shape index (κ1) is 33.0. The maximum absolute atomic E-state index is 12.7. The normalized spacial score (nSPS) is 10.3. The van der Waals surface area contributed by atoms with E-state index in [9.17, 15) is 19.2 Å². The second-order valence-electron chi connectivity index (χ2n) is 10.4. The van der Waals surface area contributed by atoms with E-state index in [-0.39, 0.29) is 23.1 Å². The zero-order valence-electron chi connectivity index (χ0n) is 25.4. The van der Waals surface area contributed by atoms with Gasteiger partial charge in [-0.05, 0) is 42.8 Å². The van der Waals surface area contributed by atoms with E-state index in [1.807, 2.05) is 78.9 Å². The molecule has 5 heteroatoms. The molecule has 0 unspecified atom stereocenters. The molecule has 5 aromatic rings. The van der Waals surface area contributed by atoms with Crippen LogP contribution < -0.4 is 0 Å². The van der Waals surface area contributed by atoms with Crippen molar-refractivity contribution in [1.82, 2.24) is 0 Å². The van der Waals surface area contributed by atoms with Crippen molar-refractivity contribution < 1.29 is 19.2 Å². The van der Waals surface area contributed by atoms with Crippen LogP contribution in [0, 0.1) is 0 Å². The van der Waals surface area contributed by atoms with Crippen molar-refractivity contribution in [2.45, 2.75) is 48.8 Å². The molecular weight excluding hydrogens is 577 g/mol. The lowest BCUT2D eigenvalue weighted by atomic mass is 9.93. The van der Waals surface area contributed by atoms with Crippen LogP contribution in [0.2, 0.25) is 0 Å². The minimum absolute atomic E-state index is 0.138. The van der Waals surface area contributed by atoms with E-state index < -0.39 is 0 Å². The standard InChI is InChI=1S/C20H22O2S.C20H14O2/c1-2-3-4-8-11-19(21)20(22)16-12-14-18(15-13-16)23-17-9-6-5-7-10-17;21-19(15-9-3-1-4-10-15)17-13-7-8-14-18(17)20(22)16-11-5-2-6-12-16/h5-7,9-10,12-15H,2-4,8,11H2,1H3;1-14H. The van der Waals surface area contributed by atoms with E-state index in [2.05, 4.69) is 6.92 Å². The molecule has 0 spiro atoms. The molecule has 0 N–H and O–H groups in total. The van der Waals surface area contributed by atoms with E-state index in [4.69, 9.17) is 0 Å². The first-order chi connectivity index (χ1) is 22.0. The molecule has 0 atom stereocenters. The topological polar surface area (TPSA) is 68.3 Å². The largest absolute Gasteiger partial charge is 0.290 e. The molecule has 0 amide bonds. The van der Waals surface area contributed by atoms with Crippen molar-refractivity contribution in [2.24, 2.45) is 0 Å². The fraction of sp³-hybridized carbons (Fsp3) is 0.150. The zero-order valence-corrected chi connectivity index (χ0v) is 26.2. The molecule has 0 heterocycles. The Morgan fingerprint density at radius 1 is 0.467 bits per heavy atom. The van der Waals surface area contributed by atoms with Crippen molar-refractivity contribution >= 4 is 34.9 Å². The summed E-state index contributed by atoms with van der Waals surface area (Å²) >= 11 is 1.64. The predicted molar refractivity (Wildman–Crippen MR) is 181 cm³/mol. The molecule has 0 aromatic heterocycles. The zero-order chi connectivity index (χ0) is 31.9. The smallest absolute Gasteiger partial charge is 0.228 e. The van der Waals surface area contributed by atoms with Crippen LogP contribution in [0.25, 0.3) is 0 Å². The Kier molecular flexibility index (Phi) is 12.8. The van der Waals surface area contributed by atoms with Gasteiger partial charge in [-0.1, -0.05) is 141 Å². The van der Waals surface area contributed by atoms with Crippen LogP contribution in [-0.2, 0) is 4.79 Å². The van der Waals surface area contributed by atoms with E-state index >= 15 is 0 Å². The molecule has 5 rings (SSSR count). The number of hydrogen-bond donors (Lipinski definition) is 0. The summed E-state index contributed by atoms with van der Waals surface area (Å²) in [4.78, 5) is 51.6. The van der Waals surface area contributed by atoms with Crippen LogP contribution in [0.5, 0.6) is 0 Å². The number of hydrogen-bond acceptors (Lipinski definition) is 5. The van der Waals surface area contributed by atoms with E-state index in [1.165, 1.54) is 0 Å². The summed E-state index contributed by atoms with van der Waals surface area (Å²) in [5, 5.41) is 0. The van der Waals surface area contributed by atoms with Gasteiger partial charge in [0, 0.05) is 44.0 Å². The van der Waals surface area contributed by atoms with Crippen LogP contribution in [0.1, 0.15) is 81.2 Å². The van der Waals surface area contributed by atoms with Crippen LogP contribution in [-0.4, -0.2) is 23.1 Å². The number of carbonyl (C=O) groups is 4. The molecule has 0 aliphatic heterocycles. The second kappa shape index (κ2) is 17.4. The molecule has 45 heavy (non-hydrogen) atoms. The van der Waals surface area contributed by atoms with Gasteiger partial charge in [-0.25, -0.2) is 0 Å². The first-order valence-corrected chi connectivity index (χ1v) is 16.0. The molecule has 0 saturated carbocycles. The van der Waals surface area contributed by atoms with Gasteiger partial charge < -0.3 is 0 Å². The molecule has 4 nitrogen and oxygen atoms in total. The van der Waals surface area contributed by atoms with Gasteiger partial charge in [-0.3, -0.25) is 19.2 Å². The van der Waals surface area contributed by atoms with E-state index in [0.717, 1.165) is 35.5 Å². The molecule has 0 fully saturated rings. The quantitative estimate of drug-likeness (QED) is 0.0752. The predicted octanol–water partition coefficient (Wildman–Crippen LogP) is 9.71. The molecule has 226 valence electrons. The molecule has 0 saturated heterocycles.